The van der Waals surface area contributed by atoms with Crippen LogP contribution in [0.25, 0.3) is 0 Å². The highest BCUT2D eigenvalue weighted by molar-refractivity contribution is 6.31. The average Bonchev–Trinajstić information content (AvgIpc) is 2.64. The maximum absolute atomic E-state index is 12.4. The predicted molar refractivity (Wildman–Crippen MR) is 112 cm³/mol. The molecule has 8 nitrogen and oxygen atoms in total. The van der Waals surface area contributed by atoms with Crippen LogP contribution in [-0.4, -0.2) is 72.1 Å². The molecule has 1 N–H and O–H groups in total. The van der Waals surface area contributed by atoms with Gasteiger partial charge in [0.05, 0.1) is 23.7 Å². The Morgan fingerprint density at radius 2 is 1.90 bits per heavy atom. The molecule has 2 unspecified atom stereocenters. The van der Waals surface area contributed by atoms with E-state index in [9.17, 15) is 14.9 Å². The van der Waals surface area contributed by atoms with Gasteiger partial charge in [-0.3, -0.25) is 24.7 Å². The Morgan fingerprint density at radius 1 is 1.24 bits per heavy atom. The third kappa shape index (κ3) is 6.37. The van der Waals surface area contributed by atoms with Gasteiger partial charge in [0.15, 0.2) is 0 Å². The minimum atomic E-state index is -0.541. The molecular formula is C20H29ClN4O4. The summed E-state index contributed by atoms with van der Waals surface area (Å²) in [5, 5.41) is 14.1. The average molecular weight is 425 g/mol. The van der Waals surface area contributed by atoms with Crippen LogP contribution in [0.15, 0.2) is 18.2 Å². The minimum Gasteiger partial charge on any atom is -0.373 e. The summed E-state index contributed by atoms with van der Waals surface area (Å²) in [4.78, 5) is 27.6. The largest absolute Gasteiger partial charge is 0.373 e. The number of nitrogens with zero attached hydrogens (tertiary/aromatic N) is 3. The summed E-state index contributed by atoms with van der Waals surface area (Å²) in [5.41, 5.74) is -0.0200. The van der Waals surface area contributed by atoms with Crippen LogP contribution in [0.2, 0.25) is 5.02 Å². The molecule has 29 heavy (non-hydrogen) atoms. The van der Waals surface area contributed by atoms with Crippen molar-refractivity contribution >= 4 is 28.9 Å². The van der Waals surface area contributed by atoms with E-state index in [0.717, 1.165) is 45.6 Å². The number of piperidine rings is 1. The Hall–Kier alpha value is -1.74. The highest BCUT2D eigenvalue weighted by atomic mass is 35.5. The lowest BCUT2D eigenvalue weighted by Crippen LogP contribution is -2.48. The molecule has 2 atom stereocenters. The third-order valence-electron chi connectivity index (χ3n) is 5.52. The van der Waals surface area contributed by atoms with Gasteiger partial charge in [0, 0.05) is 30.7 Å². The van der Waals surface area contributed by atoms with Gasteiger partial charge in [0.1, 0.15) is 5.69 Å². The fourth-order valence-corrected chi connectivity index (χ4v) is 4.45. The van der Waals surface area contributed by atoms with Crippen LogP contribution in [0.5, 0.6) is 0 Å². The van der Waals surface area contributed by atoms with Gasteiger partial charge in [-0.05, 0) is 57.8 Å². The number of likely N-dealkylation sites (tertiary alicyclic amines) is 1. The van der Waals surface area contributed by atoms with Gasteiger partial charge in [-0.1, -0.05) is 11.6 Å². The maximum Gasteiger partial charge on any atom is 0.294 e. The van der Waals surface area contributed by atoms with Gasteiger partial charge in [0.25, 0.3) is 5.69 Å². The molecule has 0 spiro atoms. The van der Waals surface area contributed by atoms with Gasteiger partial charge in [-0.25, -0.2) is 0 Å². The number of halogens is 1. The molecule has 0 bridgehead atoms. The van der Waals surface area contributed by atoms with Crippen LogP contribution in [0.3, 0.4) is 0 Å². The zero-order valence-corrected chi connectivity index (χ0v) is 17.7. The fourth-order valence-electron chi connectivity index (χ4n) is 4.28. The van der Waals surface area contributed by atoms with E-state index in [4.69, 9.17) is 16.3 Å². The third-order valence-corrected chi connectivity index (χ3v) is 5.75. The van der Waals surface area contributed by atoms with E-state index >= 15 is 0 Å². The van der Waals surface area contributed by atoms with Gasteiger partial charge in [0.2, 0.25) is 5.91 Å². The van der Waals surface area contributed by atoms with Gasteiger partial charge in [-0.15, -0.1) is 0 Å². The summed E-state index contributed by atoms with van der Waals surface area (Å²) in [6, 6.07) is 4.24. The summed E-state index contributed by atoms with van der Waals surface area (Å²) in [5.74, 6) is 0.383. The number of nitro benzene ring substituents is 1. The number of benzene rings is 1. The number of morpholine rings is 1. The summed E-state index contributed by atoms with van der Waals surface area (Å²) in [6.07, 6.45) is 2.65. The first-order valence-corrected chi connectivity index (χ1v) is 10.5. The predicted octanol–water partition coefficient (Wildman–Crippen LogP) is 3.01. The SMILES string of the molecule is CC1CN(CC2CCN(CC(=O)Nc3ccc(Cl)cc3[N+](=O)[O-])CC2)CC(C)O1. The molecule has 160 valence electrons. The monoisotopic (exact) mass is 424 g/mol. The highest BCUT2D eigenvalue weighted by Crippen LogP contribution is 2.28. The van der Waals surface area contributed by atoms with E-state index in [-0.39, 0.29) is 41.1 Å². The molecule has 2 heterocycles. The Balaban J connectivity index is 1.45. The number of hydrogen-bond donors (Lipinski definition) is 1. The van der Waals surface area contributed by atoms with Crippen molar-refractivity contribution in [1.82, 2.24) is 9.80 Å². The van der Waals surface area contributed by atoms with Gasteiger partial charge >= 0.3 is 0 Å². The number of ether oxygens (including phenoxy) is 1. The number of anilines is 1. The Bertz CT molecular complexity index is 729. The van der Waals surface area contributed by atoms with Crippen LogP contribution < -0.4 is 5.32 Å². The molecule has 3 rings (SSSR count). The lowest BCUT2D eigenvalue weighted by atomic mass is 9.95. The molecule has 1 aromatic carbocycles. The van der Waals surface area contributed by atoms with Crippen molar-refractivity contribution in [1.29, 1.82) is 0 Å². The van der Waals surface area contributed by atoms with E-state index in [1.807, 2.05) is 0 Å². The van der Waals surface area contributed by atoms with Crippen LogP contribution in [-0.2, 0) is 9.53 Å². The van der Waals surface area contributed by atoms with E-state index in [1.54, 1.807) is 0 Å². The second kappa shape index (κ2) is 9.84. The Morgan fingerprint density at radius 3 is 2.52 bits per heavy atom. The lowest BCUT2D eigenvalue weighted by molar-refractivity contribution is -0.383. The van der Waals surface area contributed by atoms with Gasteiger partial charge in [-0.2, -0.15) is 0 Å². The molecular weight excluding hydrogens is 396 g/mol. The first kappa shape index (κ1) is 22.0. The molecule has 2 aliphatic heterocycles. The topological polar surface area (TPSA) is 88.0 Å². The number of nitrogens with one attached hydrogen (secondary N) is 1. The van der Waals surface area contributed by atoms with E-state index in [0.29, 0.717) is 5.92 Å². The number of carbonyl (C=O) groups excluding carboxylic acids is 1. The van der Waals surface area contributed by atoms with E-state index in [2.05, 4.69) is 29.0 Å². The lowest BCUT2D eigenvalue weighted by Gasteiger charge is -2.39. The molecule has 2 aliphatic rings. The molecule has 2 fully saturated rings. The highest BCUT2D eigenvalue weighted by Gasteiger charge is 2.27. The fraction of sp³-hybridized carbons (Fsp3) is 0.650. The van der Waals surface area contributed by atoms with Crippen LogP contribution in [0, 0.1) is 16.0 Å². The molecule has 9 heteroatoms. The molecule has 0 aromatic heterocycles. The zero-order chi connectivity index (χ0) is 21.0. The normalized spacial score (nSPS) is 24.4. The summed E-state index contributed by atoms with van der Waals surface area (Å²) in [6.45, 7) is 9.23. The van der Waals surface area contributed by atoms with Crippen LogP contribution in [0.1, 0.15) is 26.7 Å². The molecule has 0 saturated carbocycles. The number of amides is 1. The van der Waals surface area contributed by atoms with Gasteiger partial charge < -0.3 is 10.1 Å². The first-order valence-electron chi connectivity index (χ1n) is 10.1. The number of carbonyl (C=O) groups is 1. The number of rotatable bonds is 6. The zero-order valence-electron chi connectivity index (χ0n) is 17.0. The maximum atomic E-state index is 12.4. The van der Waals surface area contributed by atoms with Crippen LogP contribution in [0.4, 0.5) is 11.4 Å². The molecule has 1 amide bonds. The van der Waals surface area contributed by atoms with Crippen molar-refractivity contribution < 1.29 is 14.5 Å². The molecule has 0 aliphatic carbocycles. The number of hydrogen-bond acceptors (Lipinski definition) is 6. The van der Waals surface area contributed by atoms with Crippen molar-refractivity contribution in [2.45, 2.75) is 38.9 Å². The van der Waals surface area contributed by atoms with E-state index < -0.39 is 4.92 Å². The molecule has 0 radical (unpaired) electrons. The van der Waals surface area contributed by atoms with E-state index in [1.165, 1.54) is 18.2 Å². The smallest absolute Gasteiger partial charge is 0.294 e. The first-order chi connectivity index (χ1) is 13.8. The summed E-state index contributed by atoms with van der Waals surface area (Å²) in [7, 11) is 0. The quantitative estimate of drug-likeness (QED) is 0.558. The van der Waals surface area contributed by atoms with Crippen molar-refractivity contribution in [3.63, 3.8) is 0 Å². The summed E-state index contributed by atoms with van der Waals surface area (Å²) < 4.78 is 5.80. The van der Waals surface area contributed by atoms with Crippen LogP contribution >= 0.6 is 11.6 Å². The Labute approximate surface area is 176 Å². The Kier molecular flexibility index (Phi) is 7.45. The second-order valence-corrected chi connectivity index (χ2v) is 8.60. The molecule has 2 saturated heterocycles. The number of nitro groups is 1. The van der Waals surface area contributed by atoms with Crippen molar-refractivity contribution in [3.8, 4) is 0 Å². The second-order valence-electron chi connectivity index (χ2n) is 8.16. The minimum absolute atomic E-state index is 0.176. The van der Waals surface area contributed by atoms with Crippen molar-refractivity contribution in [2.24, 2.45) is 5.92 Å². The van der Waals surface area contributed by atoms with Crippen molar-refractivity contribution in [3.05, 3.63) is 33.3 Å². The standard InChI is InChI=1S/C20H29ClN4O4/c1-14-10-24(11-15(2)29-14)12-16-5-7-23(8-6-16)13-20(26)22-18-4-3-17(21)9-19(18)25(27)28/h3-4,9,14-16H,5-8,10-13H2,1-2H3,(H,22,26). The summed E-state index contributed by atoms with van der Waals surface area (Å²) >= 11 is 5.82. The van der Waals surface area contributed by atoms with Crippen molar-refractivity contribution in [2.75, 3.05) is 44.6 Å². The molecule has 1 aromatic rings.